The van der Waals surface area contributed by atoms with Gasteiger partial charge in [0, 0.05) is 5.92 Å². The van der Waals surface area contributed by atoms with Crippen LogP contribution >= 0.6 is 0 Å². The summed E-state index contributed by atoms with van der Waals surface area (Å²) in [5, 5.41) is 0. The van der Waals surface area contributed by atoms with Gasteiger partial charge in [-0.05, 0) is 18.3 Å². The predicted molar refractivity (Wildman–Crippen MR) is 41.6 cm³/mol. The van der Waals surface area contributed by atoms with E-state index < -0.39 is 0 Å². The third kappa shape index (κ3) is 1.93. The van der Waals surface area contributed by atoms with Gasteiger partial charge < -0.3 is 0 Å². The van der Waals surface area contributed by atoms with E-state index in [-0.39, 0.29) is 11.8 Å². The van der Waals surface area contributed by atoms with Gasteiger partial charge in [-0.3, -0.25) is 9.63 Å². The van der Waals surface area contributed by atoms with Crippen molar-refractivity contribution in [2.24, 2.45) is 17.8 Å². The van der Waals surface area contributed by atoms with Crippen molar-refractivity contribution >= 4 is 5.91 Å². The number of carbonyl (C=O) groups excluding carboxylic acids is 1. The van der Waals surface area contributed by atoms with Crippen LogP contribution in [-0.4, -0.2) is 13.0 Å². The van der Waals surface area contributed by atoms with E-state index in [1.54, 1.807) is 0 Å². The van der Waals surface area contributed by atoms with Crippen molar-refractivity contribution in [1.82, 2.24) is 5.48 Å². The third-order valence-electron chi connectivity index (χ3n) is 2.24. The minimum Gasteiger partial charge on any atom is -0.277 e. The molecule has 0 aromatic heterocycles. The highest BCUT2D eigenvalue weighted by Crippen LogP contribution is 2.43. The molecule has 1 amide bonds. The van der Waals surface area contributed by atoms with E-state index in [0.29, 0.717) is 11.8 Å². The summed E-state index contributed by atoms with van der Waals surface area (Å²) in [7, 11) is 1.46. The monoisotopic (exact) mass is 157 g/mol. The molecule has 0 spiro atoms. The second-order valence-corrected chi connectivity index (χ2v) is 3.42. The Hall–Kier alpha value is -0.570. The normalized spacial score (nSPS) is 28.7. The van der Waals surface area contributed by atoms with Crippen LogP contribution in [0.5, 0.6) is 0 Å². The largest absolute Gasteiger partial charge is 0.277 e. The van der Waals surface area contributed by atoms with Gasteiger partial charge in [0.1, 0.15) is 0 Å². The first-order valence-corrected chi connectivity index (χ1v) is 3.99. The van der Waals surface area contributed by atoms with Gasteiger partial charge in [0.25, 0.3) is 0 Å². The second-order valence-electron chi connectivity index (χ2n) is 3.42. The molecule has 0 aromatic carbocycles. The molecular formula is C8H15NO2. The number of hydrogen-bond acceptors (Lipinski definition) is 2. The number of amides is 1. The van der Waals surface area contributed by atoms with Gasteiger partial charge in [-0.1, -0.05) is 13.8 Å². The molecule has 64 valence electrons. The van der Waals surface area contributed by atoms with E-state index in [9.17, 15) is 4.79 Å². The van der Waals surface area contributed by atoms with Crippen molar-refractivity contribution in [1.29, 1.82) is 0 Å². The van der Waals surface area contributed by atoms with Crippen LogP contribution in [0.4, 0.5) is 0 Å². The number of hydroxylamine groups is 1. The van der Waals surface area contributed by atoms with Gasteiger partial charge in [-0.15, -0.1) is 0 Å². The number of carbonyl (C=O) groups is 1. The van der Waals surface area contributed by atoms with Crippen molar-refractivity contribution in [3.63, 3.8) is 0 Å². The molecule has 1 aliphatic rings. The molecular weight excluding hydrogens is 142 g/mol. The van der Waals surface area contributed by atoms with Crippen molar-refractivity contribution in [2.45, 2.75) is 20.3 Å². The van der Waals surface area contributed by atoms with Gasteiger partial charge >= 0.3 is 0 Å². The molecule has 1 saturated carbocycles. The molecule has 1 aliphatic carbocycles. The Morgan fingerprint density at radius 2 is 2.27 bits per heavy atom. The Balaban J connectivity index is 2.26. The summed E-state index contributed by atoms with van der Waals surface area (Å²) in [5.74, 6) is 1.42. The lowest BCUT2D eigenvalue weighted by Gasteiger charge is -2.02. The minimum absolute atomic E-state index is 0.0335. The second kappa shape index (κ2) is 3.22. The zero-order valence-electron chi connectivity index (χ0n) is 7.26. The Labute approximate surface area is 67.1 Å². The topological polar surface area (TPSA) is 38.3 Å². The summed E-state index contributed by atoms with van der Waals surface area (Å²) in [6.07, 6.45) is 1.02. The maximum Gasteiger partial charge on any atom is 0.246 e. The molecule has 1 N–H and O–H groups in total. The summed E-state index contributed by atoms with van der Waals surface area (Å²) in [5.41, 5.74) is 2.35. The number of rotatable bonds is 3. The van der Waals surface area contributed by atoms with Crippen LogP contribution in [-0.2, 0) is 9.63 Å². The van der Waals surface area contributed by atoms with Gasteiger partial charge in [0.15, 0.2) is 0 Å². The van der Waals surface area contributed by atoms with Crippen molar-refractivity contribution in [3.8, 4) is 0 Å². The molecule has 0 saturated heterocycles. The maximum atomic E-state index is 11.1. The minimum atomic E-state index is 0.0335. The van der Waals surface area contributed by atoms with Gasteiger partial charge in [-0.25, -0.2) is 5.48 Å². The van der Waals surface area contributed by atoms with Crippen molar-refractivity contribution in [3.05, 3.63) is 0 Å². The van der Waals surface area contributed by atoms with Crippen LogP contribution in [0.15, 0.2) is 0 Å². The molecule has 0 aliphatic heterocycles. The van der Waals surface area contributed by atoms with Gasteiger partial charge in [0.2, 0.25) is 5.91 Å². The summed E-state index contributed by atoms with van der Waals surface area (Å²) >= 11 is 0. The Morgan fingerprint density at radius 3 is 2.64 bits per heavy atom. The average molecular weight is 157 g/mol. The van der Waals surface area contributed by atoms with E-state index in [4.69, 9.17) is 0 Å². The van der Waals surface area contributed by atoms with Gasteiger partial charge in [0.05, 0.1) is 7.11 Å². The van der Waals surface area contributed by atoms with Crippen LogP contribution in [0.2, 0.25) is 0 Å². The molecule has 1 rings (SSSR count). The predicted octanol–water partition coefficient (Wildman–Crippen LogP) is 0.956. The summed E-state index contributed by atoms with van der Waals surface area (Å²) in [6, 6.07) is 0. The van der Waals surface area contributed by atoms with E-state index in [0.717, 1.165) is 6.42 Å². The molecule has 0 bridgehead atoms. The lowest BCUT2D eigenvalue weighted by Crippen LogP contribution is -2.24. The molecule has 1 fully saturated rings. The van der Waals surface area contributed by atoms with Crippen LogP contribution in [0.3, 0.4) is 0 Å². The zero-order valence-corrected chi connectivity index (χ0v) is 7.26. The Bertz CT molecular complexity index is 156. The van der Waals surface area contributed by atoms with E-state index in [2.05, 4.69) is 24.2 Å². The van der Waals surface area contributed by atoms with Gasteiger partial charge in [-0.2, -0.15) is 0 Å². The fourth-order valence-corrected chi connectivity index (χ4v) is 1.43. The highest BCUT2D eigenvalue weighted by molar-refractivity contribution is 5.80. The van der Waals surface area contributed by atoms with Crippen molar-refractivity contribution in [2.75, 3.05) is 7.11 Å². The first kappa shape index (κ1) is 8.53. The molecule has 0 aromatic rings. The fourth-order valence-electron chi connectivity index (χ4n) is 1.43. The molecule has 11 heavy (non-hydrogen) atoms. The molecule has 3 heteroatoms. The Morgan fingerprint density at radius 1 is 1.64 bits per heavy atom. The molecule has 0 heterocycles. The number of hydrogen-bond donors (Lipinski definition) is 1. The lowest BCUT2D eigenvalue weighted by molar-refractivity contribution is -0.133. The van der Waals surface area contributed by atoms with Crippen LogP contribution in [0.25, 0.3) is 0 Å². The molecule has 2 unspecified atom stereocenters. The van der Waals surface area contributed by atoms with Crippen LogP contribution in [0.1, 0.15) is 20.3 Å². The molecule has 0 radical (unpaired) electrons. The summed E-state index contributed by atoms with van der Waals surface area (Å²) < 4.78 is 0. The lowest BCUT2D eigenvalue weighted by atomic mass is 10.1. The highest BCUT2D eigenvalue weighted by Gasteiger charge is 2.44. The quantitative estimate of drug-likeness (QED) is 0.619. The van der Waals surface area contributed by atoms with Crippen molar-refractivity contribution < 1.29 is 9.63 Å². The average Bonchev–Trinajstić information content (AvgIpc) is 2.65. The van der Waals surface area contributed by atoms with Crippen LogP contribution < -0.4 is 5.48 Å². The summed E-state index contributed by atoms with van der Waals surface area (Å²) in [6.45, 7) is 4.29. The van der Waals surface area contributed by atoms with E-state index in [1.165, 1.54) is 7.11 Å². The Kier molecular flexibility index (Phi) is 2.49. The smallest absolute Gasteiger partial charge is 0.246 e. The summed E-state index contributed by atoms with van der Waals surface area (Å²) in [4.78, 5) is 15.6. The highest BCUT2D eigenvalue weighted by atomic mass is 16.6. The van der Waals surface area contributed by atoms with E-state index in [1.807, 2.05) is 0 Å². The first-order chi connectivity index (χ1) is 5.16. The zero-order chi connectivity index (χ0) is 8.43. The maximum absolute atomic E-state index is 11.1. The third-order valence-corrected chi connectivity index (χ3v) is 2.24. The first-order valence-electron chi connectivity index (χ1n) is 3.99. The standard InChI is InChI=1S/C8H15NO2/c1-5(2)6-4-7(6)8(10)9-11-3/h5-7H,4H2,1-3H3,(H,9,10). The van der Waals surface area contributed by atoms with Crippen LogP contribution in [0, 0.1) is 17.8 Å². The molecule has 3 nitrogen and oxygen atoms in total. The molecule has 2 atom stereocenters. The van der Waals surface area contributed by atoms with E-state index >= 15 is 0 Å². The number of nitrogens with one attached hydrogen (secondary N) is 1. The fraction of sp³-hybridized carbons (Fsp3) is 0.875. The SMILES string of the molecule is CONC(=O)C1CC1C(C)C.